The van der Waals surface area contributed by atoms with E-state index in [2.05, 4.69) is 10.6 Å². The van der Waals surface area contributed by atoms with Crippen LogP contribution in [-0.4, -0.2) is 46.1 Å². The second-order valence-corrected chi connectivity index (χ2v) is 3.69. The van der Waals surface area contributed by atoms with Gasteiger partial charge >= 0.3 is 6.03 Å². The maximum atomic E-state index is 11.3. The van der Waals surface area contributed by atoms with E-state index in [0.717, 1.165) is 32.6 Å². The zero-order valence-electron chi connectivity index (χ0n) is 9.25. The fraction of sp³-hybridized carbons (Fsp3) is 0.900. The summed E-state index contributed by atoms with van der Waals surface area (Å²) in [5.41, 5.74) is 0. The summed E-state index contributed by atoms with van der Waals surface area (Å²) < 4.78 is 10.1. The van der Waals surface area contributed by atoms with Crippen molar-refractivity contribution >= 4 is 6.03 Å². The van der Waals surface area contributed by atoms with Gasteiger partial charge in [-0.15, -0.1) is 0 Å². The molecule has 1 aliphatic rings. The standard InChI is InChI=1S/C10H20N2O3/c1-14-7-4-11-10(13)12-8-9-2-5-15-6-3-9/h9H,2-8H2,1H3,(H2,11,12,13). The van der Waals surface area contributed by atoms with Crippen LogP contribution in [0, 0.1) is 5.92 Å². The number of rotatable bonds is 5. The van der Waals surface area contributed by atoms with Crippen LogP contribution in [0.1, 0.15) is 12.8 Å². The second kappa shape index (κ2) is 7.48. The molecule has 0 atom stereocenters. The molecule has 0 unspecified atom stereocenters. The Labute approximate surface area is 90.5 Å². The van der Waals surface area contributed by atoms with Crippen molar-refractivity contribution in [2.45, 2.75) is 12.8 Å². The van der Waals surface area contributed by atoms with Crippen LogP contribution in [0.15, 0.2) is 0 Å². The molecule has 15 heavy (non-hydrogen) atoms. The summed E-state index contributed by atoms with van der Waals surface area (Å²) in [5.74, 6) is 0.562. The number of amides is 2. The lowest BCUT2D eigenvalue weighted by molar-refractivity contribution is 0.0669. The van der Waals surface area contributed by atoms with Crippen molar-refractivity contribution < 1.29 is 14.3 Å². The van der Waals surface area contributed by atoms with Gasteiger partial charge in [0, 0.05) is 33.4 Å². The summed E-state index contributed by atoms with van der Waals surface area (Å²) in [6, 6.07) is -0.112. The van der Waals surface area contributed by atoms with Crippen molar-refractivity contribution in [2.24, 2.45) is 5.92 Å². The Morgan fingerprint density at radius 3 is 2.80 bits per heavy atom. The Kier molecular flexibility index (Phi) is 6.11. The molecule has 2 N–H and O–H groups in total. The molecule has 1 rings (SSSR count). The lowest BCUT2D eigenvalue weighted by Crippen LogP contribution is -2.40. The Bertz CT molecular complexity index is 182. The SMILES string of the molecule is COCCNC(=O)NCC1CCOCC1. The smallest absolute Gasteiger partial charge is 0.314 e. The van der Waals surface area contributed by atoms with Gasteiger partial charge < -0.3 is 20.1 Å². The zero-order valence-corrected chi connectivity index (χ0v) is 9.25. The molecule has 5 nitrogen and oxygen atoms in total. The largest absolute Gasteiger partial charge is 0.383 e. The van der Waals surface area contributed by atoms with Gasteiger partial charge in [0.1, 0.15) is 0 Å². The lowest BCUT2D eigenvalue weighted by atomic mass is 10.0. The minimum atomic E-state index is -0.112. The molecule has 1 heterocycles. The summed E-state index contributed by atoms with van der Waals surface area (Å²) in [6.07, 6.45) is 2.08. The van der Waals surface area contributed by atoms with Crippen molar-refractivity contribution in [1.29, 1.82) is 0 Å². The van der Waals surface area contributed by atoms with Gasteiger partial charge in [-0.3, -0.25) is 0 Å². The molecular weight excluding hydrogens is 196 g/mol. The van der Waals surface area contributed by atoms with E-state index in [1.54, 1.807) is 7.11 Å². The first-order valence-corrected chi connectivity index (χ1v) is 5.41. The number of carbonyl (C=O) groups excluding carboxylic acids is 1. The molecule has 0 spiro atoms. The molecular formula is C10H20N2O3. The van der Waals surface area contributed by atoms with E-state index in [0.29, 0.717) is 19.1 Å². The van der Waals surface area contributed by atoms with E-state index < -0.39 is 0 Å². The highest BCUT2D eigenvalue weighted by Gasteiger charge is 2.14. The van der Waals surface area contributed by atoms with Gasteiger partial charge in [0.05, 0.1) is 6.61 Å². The fourth-order valence-electron chi connectivity index (χ4n) is 1.52. The van der Waals surface area contributed by atoms with Crippen LogP contribution in [-0.2, 0) is 9.47 Å². The van der Waals surface area contributed by atoms with Crippen LogP contribution < -0.4 is 10.6 Å². The van der Waals surface area contributed by atoms with Crippen LogP contribution in [0.2, 0.25) is 0 Å². The van der Waals surface area contributed by atoms with Crippen LogP contribution in [0.4, 0.5) is 4.79 Å². The minimum Gasteiger partial charge on any atom is -0.383 e. The molecule has 0 aliphatic carbocycles. The van der Waals surface area contributed by atoms with Crippen molar-refractivity contribution in [3.8, 4) is 0 Å². The number of nitrogens with one attached hydrogen (secondary N) is 2. The molecule has 1 saturated heterocycles. The summed E-state index contributed by atoms with van der Waals surface area (Å²) in [6.45, 7) is 3.47. The first-order valence-electron chi connectivity index (χ1n) is 5.41. The number of methoxy groups -OCH3 is 1. The predicted molar refractivity (Wildman–Crippen MR) is 56.8 cm³/mol. The minimum absolute atomic E-state index is 0.112. The van der Waals surface area contributed by atoms with E-state index in [4.69, 9.17) is 9.47 Å². The first kappa shape index (κ1) is 12.3. The van der Waals surface area contributed by atoms with Gasteiger partial charge in [-0.1, -0.05) is 0 Å². The molecule has 2 amide bonds. The van der Waals surface area contributed by atoms with Crippen molar-refractivity contribution in [1.82, 2.24) is 10.6 Å². The van der Waals surface area contributed by atoms with Gasteiger partial charge in [0.15, 0.2) is 0 Å². The monoisotopic (exact) mass is 216 g/mol. The van der Waals surface area contributed by atoms with E-state index in [1.807, 2.05) is 0 Å². The highest BCUT2D eigenvalue weighted by Crippen LogP contribution is 2.12. The number of urea groups is 1. The molecule has 0 bridgehead atoms. The number of carbonyl (C=O) groups is 1. The maximum absolute atomic E-state index is 11.3. The van der Waals surface area contributed by atoms with E-state index in [9.17, 15) is 4.79 Å². The predicted octanol–water partition coefficient (Wildman–Crippen LogP) is 0.359. The molecule has 0 saturated carbocycles. The Morgan fingerprint density at radius 1 is 1.40 bits per heavy atom. The number of hydrogen-bond donors (Lipinski definition) is 2. The van der Waals surface area contributed by atoms with Gasteiger partial charge in [0.2, 0.25) is 0 Å². The van der Waals surface area contributed by atoms with Crippen LogP contribution in [0.25, 0.3) is 0 Å². The summed E-state index contributed by atoms with van der Waals surface area (Å²) in [7, 11) is 1.61. The van der Waals surface area contributed by atoms with Gasteiger partial charge in [-0.25, -0.2) is 4.79 Å². The van der Waals surface area contributed by atoms with E-state index in [-0.39, 0.29) is 6.03 Å². The molecule has 1 fully saturated rings. The molecule has 0 aromatic rings. The highest BCUT2D eigenvalue weighted by atomic mass is 16.5. The van der Waals surface area contributed by atoms with Crippen molar-refractivity contribution in [2.75, 3.05) is 40.0 Å². The quantitative estimate of drug-likeness (QED) is 0.652. The maximum Gasteiger partial charge on any atom is 0.314 e. The topological polar surface area (TPSA) is 59.6 Å². The zero-order chi connectivity index (χ0) is 10.9. The van der Waals surface area contributed by atoms with Crippen molar-refractivity contribution in [3.05, 3.63) is 0 Å². The third kappa shape index (κ3) is 5.59. The Morgan fingerprint density at radius 2 is 2.13 bits per heavy atom. The highest BCUT2D eigenvalue weighted by molar-refractivity contribution is 5.73. The van der Waals surface area contributed by atoms with Crippen LogP contribution >= 0.6 is 0 Å². The van der Waals surface area contributed by atoms with Gasteiger partial charge in [-0.2, -0.15) is 0 Å². The van der Waals surface area contributed by atoms with Crippen LogP contribution in [0.3, 0.4) is 0 Å². The third-order valence-corrected chi connectivity index (χ3v) is 2.48. The Hall–Kier alpha value is -0.810. The molecule has 0 aromatic heterocycles. The third-order valence-electron chi connectivity index (χ3n) is 2.48. The summed E-state index contributed by atoms with van der Waals surface area (Å²) in [4.78, 5) is 11.3. The summed E-state index contributed by atoms with van der Waals surface area (Å²) in [5, 5.41) is 5.57. The molecule has 0 radical (unpaired) electrons. The van der Waals surface area contributed by atoms with Crippen molar-refractivity contribution in [3.63, 3.8) is 0 Å². The summed E-state index contributed by atoms with van der Waals surface area (Å²) >= 11 is 0. The number of hydrogen-bond acceptors (Lipinski definition) is 3. The fourth-order valence-corrected chi connectivity index (χ4v) is 1.52. The van der Waals surface area contributed by atoms with Crippen LogP contribution in [0.5, 0.6) is 0 Å². The van der Waals surface area contributed by atoms with E-state index in [1.165, 1.54) is 0 Å². The molecule has 0 aromatic carbocycles. The molecule has 88 valence electrons. The Balaban J connectivity index is 2.00. The lowest BCUT2D eigenvalue weighted by Gasteiger charge is -2.22. The average Bonchev–Trinajstić information content (AvgIpc) is 2.28. The average molecular weight is 216 g/mol. The molecule has 5 heteroatoms. The molecule has 1 aliphatic heterocycles. The normalized spacial score (nSPS) is 17.4. The number of ether oxygens (including phenoxy) is 2. The van der Waals surface area contributed by atoms with E-state index >= 15 is 0 Å². The second-order valence-electron chi connectivity index (χ2n) is 3.69. The van der Waals surface area contributed by atoms with Gasteiger partial charge in [-0.05, 0) is 18.8 Å². The van der Waals surface area contributed by atoms with Gasteiger partial charge in [0.25, 0.3) is 0 Å². The first-order chi connectivity index (χ1) is 7.33.